The van der Waals surface area contributed by atoms with Crippen LogP contribution in [0.2, 0.25) is 0 Å². The van der Waals surface area contributed by atoms with Crippen molar-refractivity contribution in [2.24, 2.45) is 5.92 Å². The molecule has 0 unspecified atom stereocenters. The van der Waals surface area contributed by atoms with Gasteiger partial charge in [-0.3, -0.25) is 0 Å². The largest absolute Gasteiger partial charge is 0.369 e. The third-order valence-corrected chi connectivity index (χ3v) is 2.95. The van der Waals surface area contributed by atoms with Gasteiger partial charge in [0.2, 0.25) is 0 Å². The van der Waals surface area contributed by atoms with Gasteiger partial charge in [0, 0.05) is 5.92 Å². The van der Waals surface area contributed by atoms with Crippen molar-refractivity contribution in [1.29, 1.82) is 0 Å². The quantitative estimate of drug-likeness (QED) is 0.742. The molecule has 1 aromatic rings. The van der Waals surface area contributed by atoms with Crippen molar-refractivity contribution in [3.63, 3.8) is 0 Å². The van der Waals surface area contributed by atoms with Gasteiger partial charge in [-0.25, -0.2) is 0 Å². The van der Waals surface area contributed by atoms with Gasteiger partial charge in [-0.05, 0) is 12.0 Å². The van der Waals surface area contributed by atoms with Crippen LogP contribution in [0, 0.1) is 5.92 Å². The molecule has 1 heteroatoms. The van der Waals surface area contributed by atoms with Crippen molar-refractivity contribution in [2.75, 3.05) is 0 Å². The molecule has 1 aromatic carbocycles. The fraction of sp³-hybridized carbons (Fsp3) is 0.333. The van der Waals surface area contributed by atoms with Crippen LogP contribution in [-0.4, -0.2) is 6.10 Å². The minimum atomic E-state index is 0.232. The molecule has 0 fully saturated rings. The van der Waals surface area contributed by atoms with E-state index >= 15 is 0 Å². The SMILES string of the molecule is CC[C@@H]1C=CC=C[C@H]1OCc1ccccc1. The minimum absolute atomic E-state index is 0.232. The standard InChI is InChI=1S/C15H18O/c1-2-14-10-6-7-11-15(14)16-12-13-8-4-3-5-9-13/h3-11,14-15H,2,12H2,1H3/t14-,15-/m1/s1. The molecule has 0 radical (unpaired) electrons. The smallest absolute Gasteiger partial charge is 0.0825 e. The molecule has 0 amide bonds. The fourth-order valence-corrected chi connectivity index (χ4v) is 1.95. The van der Waals surface area contributed by atoms with E-state index in [0.717, 1.165) is 6.42 Å². The van der Waals surface area contributed by atoms with Gasteiger partial charge in [0.15, 0.2) is 0 Å². The molecule has 0 bridgehead atoms. The highest BCUT2D eigenvalue weighted by atomic mass is 16.5. The van der Waals surface area contributed by atoms with E-state index in [1.807, 2.05) is 18.2 Å². The first-order valence-corrected chi connectivity index (χ1v) is 5.90. The van der Waals surface area contributed by atoms with E-state index < -0.39 is 0 Å². The Morgan fingerprint density at radius 1 is 1.06 bits per heavy atom. The molecular formula is C15H18O. The maximum Gasteiger partial charge on any atom is 0.0825 e. The van der Waals surface area contributed by atoms with Gasteiger partial charge in [0.05, 0.1) is 12.7 Å². The molecule has 0 saturated heterocycles. The lowest BCUT2D eigenvalue weighted by Gasteiger charge is -2.23. The average Bonchev–Trinajstić information content (AvgIpc) is 2.38. The summed E-state index contributed by atoms with van der Waals surface area (Å²) in [6, 6.07) is 10.3. The molecule has 84 valence electrons. The zero-order valence-corrected chi connectivity index (χ0v) is 9.67. The average molecular weight is 214 g/mol. The van der Waals surface area contributed by atoms with Crippen LogP contribution >= 0.6 is 0 Å². The topological polar surface area (TPSA) is 9.23 Å². The van der Waals surface area contributed by atoms with E-state index in [-0.39, 0.29) is 6.10 Å². The molecule has 1 aliphatic carbocycles. The fourth-order valence-electron chi connectivity index (χ4n) is 1.95. The van der Waals surface area contributed by atoms with Gasteiger partial charge in [0.1, 0.15) is 0 Å². The molecule has 0 heterocycles. The first-order valence-electron chi connectivity index (χ1n) is 5.90. The first-order chi connectivity index (χ1) is 7.90. The molecule has 0 spiro atoms. The van der Waals surface area contributed by atoms with Crippen LogP contribution in [0.4, 0.5) is 0 Å². The van der Waals surface area contributed by atoms with E-state index in [1.165, 1.54) is 5.56 Å². The molecule has 0 aromatic heterocycles. The van der Waals surface area contributed by atoms with Crippen LogP contribution in [0.15, 0.2) is 54.6 Å². The Bertz CT molecular complexity index is 364. The van der Waals surface area contributed by atoms with Crippen molar-refractivity contribution in [1.82, 2.24) is 0 Å². The summed E-state index contributed by atoms with van der Waals surface area (Å²) in [6.45, 7) is 2.90. The van der Waals surface area contributed by atoms with Crippen LogP contribution in [-0.2, 0) is 11.3 Å². The van der Waals surface area contributed by atoms with Gasteiger partial charge in [0.25, 0.3) is 0 Å². The lowest BCUT2D eigenvalue weighted by molar-refractivity contribution is 0.0438. The van der Waals surface area contributed by atoms with Crippen molar-refractivity contribution in [3.8, 4) is 0 Å². The highest BCUT2D eigenvalue weighted by Crippen LogP contribution is 2.20. The number of rotatable bonds is 4. The normalized spacial score (nSPS) is 23.6. The van der Waals surface area contributed by atoms with E-state index in [9.17, 15) is 0 Å². The van der Waals surface area contributed by atoms with Crippen molar-refractivity contribution in [3.05, 3.63) is 60.2 Å². The molecule has 2 rings (SSSR count). The molecule has 1 nitrogen and oxygen atoms in total. The van der Waals surface area contributed by atoms with Gasteiger partial charge < -0.3 is 4.74 Å². The molecule has 1 aliphatic rings. The second-order valence-electron chi connectivity index (χ2n) is 4.10. The maximum atomic E-state index is 5.93. The summed E-state index contributed by atoms with van der Waals surface area (Å²) in [6.07, 6.45) is 9.92. The summed E-state index contributed by atoms with van der Waals surface area (Å²) in [7, 11) is 0. The Labute approximate surface area is 97.4 Å². The van der Waals surface area contributed by atoms with E-state index in [0.29, 0.717) is 12.5 Å². The van der Waals surface area contributed by atoms with Gasteiger partial charge in [-0.15, -0.1) is 0 Å². The second-order valence-corrected chi connectivity index (χ2v) is 4.10. The third kappa shape index (κ3) is 2.83. The van der Waals surface area contributed by atoms with E-state index in [2.05, 4.69) is 43.4 Å². The van der Waals surface area contributed by atoms with E-state index in [1.54, 1.807) is 0 Å². The maximum absolute atomic E-state index is 5.93. The zero-order chi connectivity index (χ0) is 11.2. The number of ether oxygens (including phenoxy) is 1. The Morgan fingerprint density at radius 2 is 1.81 bits per heavy atom. The van der Waals surface area contributed by atoms with Crippen LogP contribution in [0.3, 0.4) is 0 Å². The van der Waals surface area contributed by atoms with Crippen LogP contribution in [0.5, 0.6) is 0 Å². The Morgan fingerprint density at radius 3 is 2.56 bits per heavy atom. The molecule has 16 heavy (non-hydrogen) atoms. The predicted octanol–water partition coefficient (Wildman–Crippen LogP) is 3.72. The van der Waals surface area contributed by atoms with Crippen molar-refractivity contribution in [2.45, 2.75) is 26.1 Å². The minimum Gasteiger partial charge on any atom is -0.369 e. The molecule has 2 atom stereocenters. The summed E-state index contributed by atoms with van der Waals surface area (Å²) in [5.74, 6) is 0.522. The highest BCUT2D eigenvalue weighted by Gasteiger charge is 2.16. The third-order valence-electron chi connectivity index (χ3n) is 2.95. The van der Waals surface area contributed by atoms with Crippen molar-refractivity contribution >= 4 is 0 Å². The second kappa shape index (κ2) is 5.66. The van der Waals surface area contributed by atoms with Gasteiger partial charge >= 0.3 is 0 Å². The highest BCUT2D eigenvalue weighted by molar-refractivity contribution is 5.16. The zero-order valence-electron chi connectivity index (χ0n) is 9.67. The Kier molecular flexibility index (Phi) is 3.95. The van der Waals surface area contributed by atoms with E-state index in [4.69, 9.17) is 4.74 Å². The van der Waals surface area contributed by atoms with Crippen LogP contribution < -0.4 is 0 Å². The van der Waals surface area contributed by atoms with Crippen LogP contribution in [0.25, 0.3) is 0 Å². The summed E-state index contributed by atoms with van der Waals surface area (Å²) in [5, 5.41) is 0. The summed E-state index contributed by atoms with van der Waals surface area (Å²) >= 11 is 0. The van der Waals surface area contributed by atoms with Crippen molar-refractivity contribution < 1.29 is 4.74 Å². The molecule has 0 saturated carbocycles. The lowest BCUT2D eigenvalue weighted by Crippen LogP contribution is -2.21. The van der Waals surface area contributed by atoms with Crippen LogP contribution in [0.1, 0.15) is 18.9 Å². The molecule has 0 aliphatic heterocycles. The number of hydrogen-bond acceptors (Lipinski definition) is 1. The first kappa shape index (κ1) is 11.2. The summed E-state index contributed by atoms with van der Waals surface area (Å²) < 4.78 is 5.93. The summed E-state index contributed by atoms with van der Waals surface area (Å²) in [4.78, 5) is 0. The lowest BCUT2D eigenvalue weighted by atomic mass is 9.95. The monoisotopic (exact) mass is 214 g/mol. The van der Waals surface area contributed by atoms with Gasteiger partial charge in [-0.2, -0.15) is 0 Å². The summed E-state index contributed by atoms with van der Waals surface area (Å²) in [5.41, 5.74) is 1.24. The number of hydrogen-bond donors (Lipinski definition) is 0. The van der Waals surface area contributed by atoms with Gasteiger partial charge in [-0.1, -0.05) is 61.6 Å². The Balaban J connectivity index is 1.90. The number of benzene rings is 1. The number of allylic oxidation sites excluding steroid dienone is 2. The Hall–Kier alpha value is -1.34. The molecular weight excluding hydrogens is 196 g/mol. The molecule has 0 N–H and O–H groups in total. The predicted molar refractivity (Wildman–Crippen MR) is 67.1 cm³/mol.